The summed E-state index contributed by atoms with van der Waals surface area (Å²) in [7, 11) is 0. The number of hydrogen-bond donors (Lipinski definition) is 2. The summed E-state index contributed by atoms with van der Waals surface area (Å²) in [6.45, 7) is 10.0. The van der Waals surface area contributed by atoms with Gasteiger partial charge in [0.25, 0.3) is 0 Å². The minimum atomic E-state index is 0.297. The summed E-state index contributed by atoms with van der Waals surface area (Å²) in [4.78, 5) is 4.32. The fraction of sp³-hybridized carbons (Fsp3) is 0.688. The molecule has 0 aromatic carbocycles. The Labute approximate surface area is 137 Å². The van der Waals surface area contributed by atoms with E-state index in [1.54, 1.807) is 6.20 Å². The molecule has 2 rings (SSSR count). The number of pyridine rings is 1. The van der Waals surface area contributed by atoms with Crippen molar-refractivity contribution in [3.05, 3.63) is 23.4 Å². The number of thioether (sulfide) groups is 2. The first-order chi connectivity index (χ1) is 10.0. The SMILES string of the molecule is CCCNC(c1c(C)ccnc1N)C1CSC(C)C(C)S1. The summed E-state index contributed by atoms with van der Waals surface area (Å²) in [5, 5.41) is 5.68. The third-order valence-corrected chi connectivity index (χ3v) is 7.60. The highest BCUT2D eigenvalue weighted by atomic mass is 32.2. The number of aromatic nitrogens is 1. The van der Waals surface area contributed by atoms with E-state index in [1.807, 2.05) is 0 Å². The Bertz CT molecular complexity index is 447. The maximum atomic E-state index is 6.20. The highest BCUT2D eigenvalue weighted by molar-refractivity contribution is 8.07. The first kappa shape index (κ1) is 17.0. The van der Waals surface area contributed by atoms with Crippen LogP contribution in [-0.4, -0.2) is 33.0 Å². The van der Waals surface area contributed by atoms with Crippen LogP contribution in [0.4, 0.5) is 5.82 Å². The number of rotatable bonds is 5. The Morgan fingerprint density at radius 3 is 2.81 bits per heavy atom. The molecule has 4 unspecified atom stereocenters. The molecule has 3 nitrogen and oxygen atoms in total. The molecule has 0 bridgehead atoms. The molecule has 0 saturated carbocycles. The lowest BCUT2D eigenvalue weighted by molar-refractivity contribution is 0.526. The van der Waals surface area contributed by atoms with Gasteiger partial charge in [0.05, 0.1) is 0 Å². The average Bonchev–Trinajstić information content (AvgIpc) is 2.45. The van der Waals surface area contributed by atoms with Gasteiger partial charge in [0, 0.05) is 39.3 Å². The molecule has 1 saturated heterocycles. The van der Waals surface area contributed by atoms with Gasteiger partial charge in [-0.3, -0.25) is 0 Å². The van der Waals surface area contributed by atoms with Gasteiger partial charge in [-0.1, -0.05) is 20.8 Å². The number of nitrogen functional groups attached to an aromatic ring is 1. The topological polar surface area (TPSA) is 50.9 Å². The lowest BCUT2D eigenvalue weighted by atomic mass is 9.99. The van der Waals surface area contributed by atoms with E-state index >= 15 is 0 Å². The molecule has 0 spiro atoms. The summed E-state index contributed by atoms with van der Waals surface area (Å²) >= 11 is 4.18. The standard InChI is InChI=1S/C16H27N3S2/c1-5-7-18-15(13-9-20-11(3)12(4)21-13)14-10(2)6-8-19-16(14)17/h6,8,11-13,15,18H,5,7,9H2,1-4H3,(H2,17,19). The highest BCUT2D eigenvalue weighted by Gasteiger charge is 2.33. The van der Waals surface area contributed by atoms with E-state index in [0.717, 1.165) is 18.2 Å². The zero-order valence-electron chi connectivity index (χ0n) is 13.4. The van der Waals surface area contributed by atoms with E-state index in [0.29, 0.717) is 22.4 Å². The van der Waals surface area contributed by atoms with Crippen LogP contribution in [0, 0.1) is 6.92 Å². The van der Waals surface area contributed by atoms with Gasteiger partial charge < -0.3 is 11.1 Å². The second-order valence-corrected chi connectivity index (χ2v) is 8.81. The minimum Gasteiger partial charge on any atom is -0.383 e. The molecular weight excluding hydrogens is 298 g/mol. The molecule has 0 radical (unpaired) electrons. The summed E-state index contributed by atoms with van der Waals surface area (Å²) in [5.41, 5.74) is 8.64. The van der Waals surface area contributed by atoms with Gasteiger partial charge in [0.15, 0.2) is 0 Å². The second-order valence-electron chi connectivity index (χ2n) is 5.78. The average molecular weight is 326 g/mol. The van der Waals surface area contributed by atoms with Crippen molar-refractivity contribution >= 4 is 29.3 Å². The van der Waals surface area contributed by atoms with Crippen LogP contribution in [0.1, 0.15) is 44.4 Å². The van der Waals surface area contributed by atoms with E-state index in [-0.39, 0.29) is 0 Å². The number of nitrogens with two attached hydrogens (primary N) is 1. The number of nitrogens with one attached hydrogen (secondary N) is 1. The van der Waals surface area contributed by atoms with E-state index in [4.69, 9.17) is 5.73 Å². The van der Waals surface area contributed by atoms with Crippen LogP contribution in [-0.2, 0) is 0 Å². The molecule has 1 aliphatic heterocycles. The Kier molecular flexibility index (Phi) is 6.26. The van der Waals surface area contributed by atoms with Crippen molar-refractivity contribution in [2.24, 2.45) is 0 Å². The third kappa shape index (κ3) is 4.08. The van der Waals surface area contributed by atoms with Crippen LogP contribution < -0.4 is 11.1 Å². The van der Waals surface area contributed by atoms with Crippen LogP contribution in [0.25, 0.3) is 0 Å². The van der Waals surface area contributed by atoms with Crippen molar-refractivity contribution in [1.82, 2.24) is 10.3 Å². The Balaban J connectivity index is 2.26. The molecule has 4 atom stereocenters. The molecule has 3 N–H and O–H groups in total. The zero-order chi connectivity index (χ0) is 15.4. The van der Waals surface area contributed by atoms with Crippen LogP contribution in [0.2, 0.25) is 0 Å². The molecule has 0 aliphatic carbocycles. The van der Waals surface area contributed by atoms with Crippen LogP contribution in [0.3, 0.4) is 0 Å². The number of nitrogens with zero attached hydrogens (tertiary/aromatic N) is 1. The summed E-state index contributed by atoms with van der Waals surface area (Å²) in [6, 6.07) is 2.37. The first-order valence-electron chi connectivity index (χ1n) is 7.76. The lowest BCUT2D eigenvalue weighted by Gasteiger charge is -2.37. The van der Waals surface area contributed by atoms with Crippen molar-refractivity contribution in [2.45, 2.75) is 55.9 Å². The van der Waals surface area contributed by atoms with Gasteiger partial charge in [-0.05, 0) is 31.5 Å². The predicted octanol–water partition coefficient (Wildman–Crippen LogP) is 3.64. The molecular formula is C16H27N3S2. The van der Waals surface area contributed by atoms with E-state index in [9.17, 15) is 0 Å². The molecule has 1 aliphatic rings. The van der Waals surface area contributed by atoms with Gasteiger partial charge in [-0.15, -0.1) is 0 Å². The molecule has 2 heterocycles. The molecule has 1 fully saturated rings. The highest BCUT2D eigenvalue weighted by Crippen LogP contribution is 2.42. The van der Waals surface area contributed by atoms with Crippen LogP contribution >= 0.6 is 23.5 Å². The molecule has 1 aromatic heterocycles. The fourth-order valence-corrected chi connectivity index (χ4v) is 5.79. The van der Waals surface area contributed by atoms with Gasteiger partial charge in [-0.2, -0.15) is 23.5 Å². The molecule has 0 amide bonds. The normalized spacial score (nSPS) is 27.5. The van der Waals surface area contributed by atoms with E-state index in [2.05, 4.69) is 67.6 Å². The monoisotopic (exact) mass is 325 g/mol. The zero-order valence-corrected chi connectivity index (χ0v) is 15.1. The van der Waals surface area contributed by atoms with Crippen molar-refractivity contribution in [3.63, 3.8) is 0 Å². The maximum absolute atomic E-state index is 6.20. The Morgan fingerprint density at radius 2 is 2.19 bits per heavy atom. The van der Waals surface area contributed by atoms with Crippen molar-refractivity contribution in [3.8, 4) is 0 Å². The quantitative estimate of drug-likeness (QED) is 0.865. The van der Waals surface area contributed by atoms with Gasteiger partial charge in [-0.25, -0.2) is 4.98 Å². The van der Waals surface area contributed by atoms with Crippen molar-refractivity contribution in [1.29, 1.82) is 0 Å². The minimum absolute atomic E-state index is 0.297. The maximum Gasteiger partial charge on any atom is 0.128 e. The number of aryl methyl sites for hydroxylation is 1. The summed E-state index contributed by atoms with van der Waals surface area (Å²) < 4.78 is 0. The van der Waals surface area contributed by atoms with Crippen LogP contribution in [0.5, 0.6) is 0 Å². The Hall–Kier alpha value is -0.390. The van der Waals surface area contributed by atoms with Gasteiger partial charge in [0.1, 0.15) is 5.82 Å². The fourth-order valence-electron chi connectivity index (χ4n) is 2.70. The smallest absolute Gasteiger partial charge is 0.128 e. The molecule has 5 heteroatoms. The number of anilines is 1. The first-order valence-corrected chi connectivity index (χ1v) is 9.75. The molecule has 118 valence electrons. The lowest BCUT2D eigenvalue weighted by Crippen LogP contribution is -2.38. The summed E-state index contributed by atoms with van der Waals surface area (Å²) in [5.74, 6) is 1.85. The predicted molar refractivity (Wildman–Crippen MR) is 97.2 cm³/mol. The van der Waals surface area contributed by atoms with Crippen molar-refractivity contribution in [2.75, 3.05) is 18.0 Å². The van der Waals surface area contributed by atoms with Gasteiger partial charge >= 0.3 is 0 Å². The summed E-state index contributed by atoms with van der Waals surface area (Å²) in [6.07, 6.45) is 2.94. The Morgan fingerprint density at radius 1 is 1.43 bits per heavy atom. The second kappa shape index (κ2) is 7.75. The van der Waals surface area contributed by atoms with Crippen molar-refractivity contribution < 1.29 is 0 Å². The van der Waals surface area contributed by atoms with Crippen LogP contribution in [0.15, 0.2) is 12.3 Å². The number of hydrogen-bond acceptors (Lipinski definition) is 5. The van der Waals surface area contributed by atoms with Gasteiger partial charge in [0.2, 0.25) is 0 Å². The molecule has 1 aromatic rings. The third-order valence-electron chi connectivity index (χ3n) is 4.11. The van der Waals surface area contributed by atoms with E-state index < -0.39 is 0 Å². The molecule has 21 heavy (non-hydrogen) atoms. The largest absolute Gasteiger partial charge is 0.383 e. The van der Waals surface area contributed by atoms with E-state index in [1.165, 1.54) is 16.9 Å².